The highest BCUT2D eigenvalue weighted by atomic mass is 32.2. The van der Waals surface area contributed by atoms with Gasteiger partial charge in [-0.05, 0) is 5.92 Å². The number of rotatable bonds is 7. The number of aliphatic hydroxyl groups excluding tert-OH is 2. The average Bonchev–Trinajstić information content (AvgIpc) is 2.74. The standard InChI is InChI=1S/C15H24N2O7S/c1-6(2)10(19)15(11(20)7(3)12(21)17-15)14(24)25-5-9(13(22)23)16-8(4)18/h6-7,9-11,19-20H,5H2,1-4H3,(H,16,18)(H,17,21)(H,22,23)/t7-,9-,10+,11+,15-/m0/s1. The van der Waals surface area contributed by atoms with E-state index in [1.807, 2.05) is 0 Å². The van der Waals surface area contributed by atoms with Crippen molar-refractivity contribution in [3.63, 3.8) is 0 Å². The van der Waals surface area contributed by atoms with Gasteiger partial charge >= 0.3 is 5.97 Å². The number of hydrogen-bond donors (Lipinski definition) is 5. The molecule has 0 saturated carbocycles. The van der Waals surface area contributed by atoms with Gasteiger partial charge in [-0.3, -0.25) is 14.4 Å². The van der Waals surface area contributed by atoms with E-state index in [1.165, 1.54) is 6.92 Å². The molecule has 0 bridgehead atoms. The number of aliphatic hydroxyl groups is 2. The van der Waals surface area contributed by atoms with Crippen LogP contribution in [0.25, 0.3) is 0 Å². The summed E-state index contributed by atoms with van der Waals surface area (Å²) in [6.07, 6.45) is -2.82. The maximum atomic E-state index is 12.8. The van der Waals surface area contributed by atoms with Crippen LogP contribution in [0.3, 0.4) is 0 Å². The Hall–Kier alpha value is -1.65. The summed E-state index contributed by atoms with van der Waals surface area (Å²) < 4.78 is 0. The molecule has 0 aromatic heterocycles. The molecule has 5 atom stereocenters. The Morgan fingerprint density at radius 2 is 1.92 bits per heavy atom. The second-order valence-corrected chi connectivity index (χ2v) is 7.46. The number of thioether (sulfide) groups is 1. The summed E-state index contributed by atoms with van der Waals surface area (Å²) in [5.74, 6) is -4.12. The fourth-order valence-corrected chi connectivity index (χ4v) is 3.77. The number of hydrogen-bond acceptors (Lipinski definition) is 7. The van der Waals surface area contributed by atoms with Gasteiger partial charge in [0.05, 0.1) is 18.1 Å². The lowest BCUT2D eigenvalue weighted by molar-refractivity contribution is -0.140. The molecule has 5 N–H and O–H groups in total. The number of amides is 2. The molecule has 0 unspecified atom stereocenters. The Morgan fingerprint density at radius 3 is 2.28 bits per heavy atom. The summed E-state index contributed by atoms with van der Waals surface area (Å²) in [7, 11) is 0. The second-order valence-electron chi connectivity index (χ2n) is 6.47. The van der Waals surface area contributed by atoms with Crippen LogP contribution < -0.4 is 10.6 Å². The summed E-state index contributed by atoms with van der Waals surface area (Å²) in [6, 6.07) is -1.31. The molecule has 1 rings (SSSR count). The van der Waals surface area contributed by atoms with Crippen molar-refractivity contribution in [1.29, 1.82) is 0 Å². The van der Waals surface area contributed by atoms with Crippen molar-refractivity contribution >= 4 is 34.7 Å². The highest BCUT2D eigenvalue weighted by Crippen LogP contribution is 2.36. The largest absolute Gasteiger partial charge is 0.480 e. The number of carbonyl (C=O) groups is 4. The van der Waals surface area contributed by atoms with Gasteiger partial charge in [0.1, 0.15) is 6.04 Å². The SMILES string of the molecule is CC(=O)N[C@@H](CSC(=O)[C@@]1([C@H](O)C(C)C)NC(=O)[C@@H](C)[C@H]1O)C(=O)O. The second kappa shape index (κ2) is 8.15. The van der Waals surface area contributed by atoms with E-state index in [9.17, 15) is 29.4 Å². The number of aliphatic carboxylic acids is 1. The fourth-order valence-electron chi connectivity index (χ4n) is 2.70. The predicted octanol–water partition coefficient (Wildman–Crippen LogP) is -1.28. The van der Waals surface area contributed by atoms with Gasteiger partial charge in [0.2, 0.25) is 16.9 Å². The lowest BCUT2D eigenvalue weighted by Crippen LogP contribution is -2.64. The van der Waals surface area contributed by atoms with Gasteiger partial charge < -0.3 is 26.0 Å². The average molecular weight is 376 g/mol. The van der Waals surface area contributed by atoms with Crippen LogP contribution in [0.1, 0.15) is 27.7 Å². The molecular weight excluding hydrogens is 352 g/mol. The topological polar surface area (TPSA) is 153 Å². The normalized spacial score (nSPS) is 28.4. The Morgan fingerprint density at radius 1 is 1.36 bits per heavy atom. The summed E-state index contributed by atoms with van der Waals surface area (Å²) in [4.78, 5) is 46.9. The van der Waals surface area contributed by atoms with Gasteiger partial charge in [0.25, 0.3) is 0 Å². The Kier molecular flexibility index (Phi) is 6.98. The summed E-state index contributed by atoms with van der Waals surface area (Å²) in [5.41, 5.74) is -1.92. The molecule has 0 aromatic rings. The number of nitrogens with one attached hydrogen (secondary N) is 2. The first-order chi connectivity index (χ1) is 11.4. The van der Waals surface area contributed by atoms with Crippen LogP contribution in [-0.2, 0) is 19.2 Å². The first-order valence-corrected chi connectivity index (χ1v) is 8.79. The van der Waals surface area contributed by atoms with E-state index >= 15 is 0 Å². The monoisotopic (exact) mass is 376 g/mol. The number of carbonyl (C=O) groups excluding carboxylic acids is 3. The van der Waals surface area contributed by atoms with Crippen LogP contribution in [0.5, 0.6) is 0 Å². The van der Waals surface area contributed by atoms with Gasteiger partial charge in [-0.1, -0.05) is 32.5 Å². The van der Waals surface area contributed by atoms with Crippen molar-refractivity contribution in [1.82, 2.24) is 10.6 Å². The first-order valence-electron chi connectivity index (χ1n) is 7.80. The highest BCUT2D eigenvalue weighted by molar-refractivity contribution is 8.13. The summed E-state index contributed by atoms with van der Waals surface area (Å²) >= 11 is 0.535. The van der Waals surface area contributed by atoms with Crippen LogP contribution in [-0.4, -0.2) is 67.8 Å². The molecule has 1 heterocycles. The predicted molar refractivity (Wildman–Crippen MR) is 89.6 cm³/mol. The minimum absolute atomic E-state index is 0.308. The molecule has 0 radical (unpaired) electrons. The third-order valence-electron chi connectivity index (χ3n) is 4.18. The maximum Gasteiger partial charge on any atom is 0.327 e. The van der Waals surface area contributed by atoms with Crippen LogP contribution in [0.4, 0.5) is 0 Å². The molecular formula is C15H24N2O7S. The van der Waals surface area contributed by atoms with E-state index in [1.54, 1.807) is 13.8 Å². The zero-order valence-corrected chi connectivity index (χ0v) is 15.3. The van der Waals surface area contributed by atoms with Crippen molar-refractivity contribution in [2.24, 2.45) is 11.8 Å². The Labute approximate surface area is 149 Å². The van der Waals surface area contributed by atoms with Gasteiger partial charge in [-0.15, -0.1) is 0 Å². The van der Waals surface area contributed by atoms with Crippen molar-refractivity contribution < 1.29 is 34.5 Å². The molecule has 25 heavy (non-hydrogen) atoms. The number of carboxylic acids is 1. The van der Waals surface area contributed by atoms with Crippen LogP contribution in [0.2, 0.25) is 0 Å². The maximum absolute atomic E-state index is 12.8. The minimum Gasteiger partial charge on any atom is -0.480 e. The van der Waals surface area contributed by atoms with Gasteiger partial charge in [0.15, 0.2) is 5.54 Å². The van der Waals surface area contributed by atoms with E-state index in [-0.39, 0.29) is 5.75 Å². The van der Waals surface area contributed by atoms with Crippen molar-refractivity contribution in [3.05, 3.63) is 0 Å². The molecule has 0 aliphatic carbocycles. The quantitative estimate of drug-likeness (QED) is 0.368. The summed E-state index contributed by atoms with van der Waals surface area (Å²) in [5, 5.41) is 33.8. The van der Waals surface area contributed by atoms with Crippen molar-refractivity contribution in [3.8, 4) is 0 Å². The lowest BCUT2D eigenvalue weighted by atomic mass is 9.81. The molecule has 2 amide bonds. The summed E-state index contributed by atoms with van der Waals surface area (Å²) in [6.45, 7) is 5.84. The number of carboxylic acid groups (broad SMARTS) is 1. The third-order valence-corrected chi connectivity index (χ3v) is 5.28. The molecule has 1 aliphatic heterocycles. The zero-order valence-electron chi connectivity index (χ0n) is 14.5. The Balaban J connectivity index is 3.04. The molecule has 0 aromatic carbocycles. The molecule has 142 valence electrons. The van der Waals surface area contributed by atoms with Crippen molar-refractivity contribution in [2.45, 2.75) is 51.5 Å². The minimum atomic E-state index is -1.92. The van der Waals surface area contributed by atoms with Gasteiger partial charge in [-0.25, -0.2) is 4.79 Å². The van der Waals surface area contributed by atoms with Gasteiger partial charge in [0, 0.05) is 12.7 Å². The highest BCUT2D eigenvalue weighted by Gasteiger charge is 2.60. The van der Waals surface area contributed by atoms with E-state index < -0.39 is 58.5 Å². The third kappa shape index (κ3) is 4.31. The van der Waals surface area contributed by atoms with E-state index in [4.69, 9.17) is 5.11 Å². The molecule has 10 heteroatoms. The first kappa shape index (κ1) is 21.4. The van der Waals surface area contributed by atoms with Gasteiger partial charge in [-0.2, -0.15) is 0 Å². The van der Waals surface area contributed by atoms with E-state index in [2.05, 4.69) is 10.6 Å². The Bertz CT molecular complexity index is 568. The van der Waals surface area contributed by atoms with Crippen LogP contribution in [0, 0.1) is 11.8 Å². The van der Waals surface area contributed by atoms with E-state index in [0.717, 1.165) is 6.92 Å². The lowest BCUT2D eigenvalue weighted by Gasteiger charge is -2.37. The molecule has 1 aliphatic rings. The molecule has 1 saturated heterocycles. The molecule has 1 fully saturated rings. The molecule has 0 spiro atoms. The zero-order chi connectivity index (χ0) is 19.5. The molecule has 9 nitrogen and oxygen atoms in total. The van der Waals surface area contributed by atoms with E-state index in [0.29, 0.717) is 11.8 Å². The van der Waals surface area contributed by atoms with Crippen molar-refractivity contribution in [2.75, 3.05) is 5.75 Å². The fraction of sp³-hybridized carbons (Fsp3) is 0.733. The smallest absolute Gasteiger partial charge is 0.327 e. The van der Waals surface area contributed by atoms with Crippen LogP contribution in [0.15, 0.2) is 0 Å². The van der Waals surface area contributed by atoms with Crippen LogP contribution >= 0.6 is 11.8 Å².